The van der Waals surface area contributed by atoms with E-state index < -0.39 is 0 Å². The van der Waals surface area contributed by atoms with Gasteiger partial charge in [0.05, 0.1) is 22.6 Å². The molecule has 0 saturated carbocycles. The quantitative estimate of drug-likeness (QED) is 0.573. The SMILES string of the molecule is CCN(Cc1ccc(Cl)s1)C(=O)CCn1cnc2sc3c(c2c1=O)CCCC3. The molecular formula is C20H22ClN3O2S2. The summed E-state index contributed by atoms with van der Waals surface area (Å²) in [4.78, 5) is 35.2. The zero-order valence-electron chi connectivity index (χ0n) is 15.7. The van der Waals surface area contributed by atoms with Crippen LogP contribution in [0.5, 0.6) is 0 Å². The summed E-state index contributed by atoms with van der Waals surface area (Å²) in [5, 5.41) is 0.773. The molecule has 4 rings (SSSR count). The summed E-state index contributed by atoms with van der Waals surface area (Å²) in [7, 11) is 0. The van der Waals surface area contributed by atoms with Crippen LogP contribution in [0.2, 0.25) is 4.34 Å². The Morgan fingerprint density at radius 2 is 2.11 bits per heavy atom. The molecule has 3 aromatic rings. The van der Waals surface area contributed by atoms with Gasteiger partial charge in [-0.05, 0) is 50.3 Å². The van der Waals surface area contributed by atoms with E-state index in [0.717, 1.165) is 38.7 Å². The highest BCUT2D eigenvalue weighted by molar-refractivity contribution is 7.18. The zero-order valence-corrected chi connectivity index (χ0v) is 18.1. The summed E-state index contributed by atoms with van der Waals surface area (Å²) in [6.07, 6.45) is 6.20. The van der Waals surface area contributed by atoms with Crippen molar-refractivity contribution in [1.82, 2.24) is 14.5 Å². The summed E-state index contributed by atoms with van der Waals surface area (Å²) in [5.74, 6) is 0.0337. The second-order valence-corrected chi connectivity index (χ2v) is 9.88. The van der Waals surface area contributed by atoms with E-state index in [2.05, 4.69) is 4.98 Å². The third-order valence-corrected chi connectivity index (χ3v) is 7.63. The van der Waals surface area contributed by atoms with E-state index in [1.54, 1.807) is 27.1 Å². The number of hydrogen-bond donors (Lipinski definition) is 0. The van der Waals surface area contributed by atoms with Crippen molar-refractivity contribution >= 4 is 50.4 Å². The minimum absolute atomic E-state index is 0.00899. The molecule has 148 valence electrons. The molecule has 5 nitrogen and oxygen atoms in total. The molecule has 1 amide bonds. The molecule has 3 aromatic heterocycles. The third kappa shape index (κ3) is 3.88. The van der Waals surface area contributed by atoms with Crippen LogP contribution in [0.4, 0.5) is 0 Å². The molecule has 0 bridgehead atoms. The lowest BCUT2D eigenvalue weighted by Gasteiger charge is -2.20. The molecule has 0 fully saturated rings. The number of aromatic nitrogens is 2. The minimum Gasteiger partial charge on any atom is -0.338 e. The first-order valence-corrected chi connectivity index (χ1v) is 11.6. The van der Waals surface area contributed by atoms with Crippen LogP contribution >= 0.6 is 34.3 Å². The summed E-state index contributed by atoms with van der Waals surface area (Å²) >= 11 is 9.12. The van der Waals surface area contributed by atoms with Gasteiger partial charge >= 0.3 is 0 Å². The van der Waals surface area contributed by atoms with E-state index in [9.17, 15) is 9.59 Å². The van der Waals surface area contributed by atoms with Gasteiger partial charge < -0.3 is 4.90 Å². The van der Waals surface area contributed by atoms with Crippen molar-refractivity contribution in [3.8, 4) is 0 Å². The summed E-state index contributed by atoms with van der Waals surface area (Å²) in [6, 6.07) is 3.80. The summed E-state index contributed by atoms with van der Waals surface area (Å²) in [6.45, 7) is 3.49. The molecular weight excluding hydrogens is 414 g/mol. The topological polar surface area (TPSA) is 55.2 Å². The maximum Gasteiger partial charge on any atom is 0.262 e. The van der Waals surface area contributed by atoms with Crippen molar-refractivity contribution in [2.45, 2.75) is 52.1 Å². The Bertz CT molecular complexity index is 1070. The Kier molecular flexibility index (Phi) is 5.85. The lowest BCUT2D eigenvalue weighted by molar-refractivity contribution is -0.131. The molecule has 0 unspecified atom stereocenters. The molecule has 0 aliphatic heterocycles. The van der Waals surface area contributed by atoms with Crippen molar-refractivity contribution in [3.63, 3.8) is 0 Å². The van der Waals surface area contributed by atoms with Gasteiger partial charge in [0.2, 0.25) is 5.91 Å². The number of hydrogen-bond acceptors (Lipinski definition) is 5. The smallest absolute Gasteiger partial charge is 0.262 e. The number of nitrogens with zero attached hydrogens (tertiary/aromatic N) is 3. The Balaban J connectivity index is 1.49. The number of fused-ring (bicyclic) bond motifs is 3. The number of rotatable bonds is 6. The Labute approximate surface area is 176 Å². The maximum absolute atomic E-state index is 13.0. The number of amides is 1. The van der Waals surface area contributed by atoms with E-state index in [1.807, 2.05) is 19.1 Å². The van der Waals surface area contributed by atoms with Crippen LogP contribution in [0.1, 0.15) is 41.5 Å². The highest BCUT2D eigenvalue weighted by atomic mass is 35.5. The van der Waals surface area contributed by atoms with Crippen molar-refractivity contribution in [1.29, 1.82) is 0 Å². The fourth-order valence-corrected chi connectivity index (χ4v) is 6.04. The number of aryl methyl sites for hydroxylation is 3. The molecule has 0 saturated heterocycles. The van der Waals surface area contributed by atoms with Gasteiger partial charge in [-0.15, -0.1) is 22.7 Å². The van der Waals surface area contributed by atoms with E-state index in [0.29, 0.717) is 19.6 Å². The average molecular weight is 436 g/mol. The van der Waals surface area contributed by atoms with Crippen LogP contribution < -0.4 is 5.56 Å². The second-order valence-electron chi connectivity index (χ2n) is 7.00. The molecule has 0 aromatic carbocycles. The number of thiophene rings is 2. The first-order valence-electron chi connectivity index (χ1n) is 9.58. The summed E-state index contributed by atoms with van der Waals surface area (Å²) < 4.78 is 2.32. The fourth-order valence-electron chi connectivity index (χ4n) is 3.72. The first-order chi connectivity index (χ1) is 13.6. The van der Waals surface area contributed by atoms with Crippen LogP contribution in [0.25, 0.3) is 10.2 Å². The number of carbonyl (C=O) groups is 1. The van der Waals surface area contributed by atoms with Gasteiger partial charge in [-0.2, -0.15) is 0 Å². The van der Waals surface area contributed by atoms with Gasteiger partial charge in [0.15, 0.2) is 0 Å². The number of halogens is 1. The molecule has 1 aliphatic rings. The predicted molar refractivity (Wildman–Crippen MR) is 116 cm³/mol. The fraction of sp³-hybridized carbons (Fsp3) is 0.450. The van der Waals surface area contributed by atoms with Crippen molar-refractivity contribution in [3.05, 3.63) is 48.5 Å². The molecule has 0 N–H and O–H groups in total. The van der Waals surface area contributed by atoms with Gasteiger partial charge in [0, 0.05) is 29.3 Å². The van der Waals surface area contributed by atoms with Crippen LogP contribution in [-0.4, -0.2) is 26.9 Å². The van der Waals surface area contributed by atoms with Crippen molar-refractivity contribution < 1.29 is 4.79 Å². The van der Waals surface area contributed by atoms with Crippen LogP contribution in [0.3, 0.4) is 0 Å². The standard InChI is InChI=1S/C20H22ClN3O2S2/c1-2-23(11-13-7-8-16(21)27-13)17(25)9-10-24-12-22-19-18(20(24)26)14-5-3-4-6-15(14)28-19/h7-8,12H,2-6,9-11H2,1H3. The largest absolute Gasteiger partial charge is 0.338 e. The Morgan fingerprint density at radius 3 is 2.86 bits per heavy atom. The minimum atomic E-state index is -0.00899. The van der Waals surface area contributed by atoms with Gasteiger partial charge in [0.1, 0.15) is 4.83 Å². The average Bonchev–Trinajstić information content (AvgIpc) is 3.28. The highest BCUT2D eigenvalue weighted by Gasteiger charge is 2.20. The van der Waals surface area contributed by atoms with E-state index in [1.165, 1.54) is 28.2 Å². The maximum atomic E-state index is 13.0. The molecule has 0 spiro atoms. The van der Waals surface area contributed by atoms with E-state index in [4.69, 9.17) is 11.6 Å². The van der Waals surface area contributed by atoms with Crippen molar-refractivity contribution in [2.24, 2.45) is 0 Å². The first kappa shape index (κ1) is 19.6. The molecule has 3 heterocycles. The van der Waals surface area contributed by atoms with Gasteiger partial charge in [0.25, 0.3) is 5.56 Å². The van der Waals surface area contributed by atoms with Crippen molar-refractivity contribution in [2.75, 3.05) is 6.54 Å². The Morgan fingerprint density at radius 1 is 1.29 bits per heavy atom. The third-order valence-electron chi connectivity index (χ3n) is 5.22. The van der Waals surface area contributed by atoms with E-state index >= 15 is 0 Å². The highest BCUT2D eigenvalue weighted by Crippen LogP contribution is 2.33. The van der Waals surface area contributed by atoms with Gasteiger partial charge in [-0.25, -0.2) is 4.98 Å². The zero-order chi connectivity index (χ0) is 19.7. The second kappa shape index (κ2) is 8.35. The monoisotopic (exact) mass is 435 g/mol. The predicted octanol–water partition coefficient (Wildman–Crippen LogP) is 4.49. The van der Waals surface area contributed by atoms with Crippen LogP contribution in [0.15, 0.2) is 23.3 Å². The van der Waals surface area contributed by atoms with Crippen LogP contribution in [0, 0.1) is 0 Å². The van der Waals surface area contributed by atoms with Crippen LogP contribution in [-0.2, 0) is 30.7 Å². The molecule has 0 radical (unpaired) electrons. The molecule has 8 heteroatoms. The number of carbonyl (C=O) groups excluding carboxylic acids is 1. The molecule has 0 atom stereocenters. The Hall–Kier alpha value is -1.70. The van der Waals surface area contributed by atoms with E-state index in [-0.39, 0.29) is 17.9 Å². The molecule has 1 aliphatic carbocycles. The van der Waals surface area contributed by atoms with Gasteiger partial charge in [-0.3, -0.25) is 14.2 Å². The lowest BCUT2D eigenvalue weighted by Crippen LogP contribution is -2.32. The lowest BCUT2D eigenvalue weighted by atomic mass is 9.97. The summed E-state index contributed by atoms with van der Waals surface area (Å²) in [5.41, 5.74) is 1.18. The normalized spacial score (nSPS) is 13.6. The van der Waals surface area contributed by atoms with Gasteiger partial charge in [-0.1, -0.05) is 11.6 Å². The molecule has 28 heavy (non-hydrogen) atoms.